The molecule has 0 aromatic carbocycles. The highest BCUT2D eigenvalue weighted by Crippen LogP contribution is 2.40. The topological polar surface area (TPSA) is 90.0 Å². The van der Waals surface area contributed by atoms with Crippen LogP contribution < -0.4 is 5.32 Å². The Hall–Kier alpha value is -3.29. The zero-order valence-electron chi connectivity index (χ0n) is 16.7. The Kier molecular flexibility index (Phi) is 4.08. The van der Waals surface area contributed by atoms with E-state index in [-0.39, 0.29) is 18.0 Å². The first-order chi connectivity index (χ1) is 14.0. The molecule has 1 aliphatic carbocycles. The van der Waals surface area contributed by atoms with Gasteiger partial charge in [-0.05, 0) is 51.8 Å². The van der Waals surface area contributed by atoms with Crippen molar-refractivity contribution in [2.75, 3.05) is 0 Å². The summed E-state index contributed by atoms with van der Waals surface area (Å²) in [5.74, 6) is 0.988. The van der Waals surface area contributed by atoms with Gasteiger partial charge in [0.05, 0.1) is 23.2 Å². The van der Waals surface area contributed by atoms with Crippen LogP contribution in [0.1, 0.15) is 73.5 Å². The fourth-order valence-corrected chi connectivity index (χ4v) is 3.69. The third-order valence-electron chi connectivity index (χ3n) is 5.39. The largest absolute Gasteiger partial charge is 0.342 e. The number of fused-ring (bicyclic) bond motifs is 2. The van der Waals surface area contributed by atoms with Crippen molar-refractivity contribution < 1.29 is 4.79 Å². The van der Waals surface area contributed by atoms with Gasteiger partial charge in [-0.15, -0.1) is 10.2 Å². The second-order valence-electron chi connectivity index (χ2n) is 7.97. The summed E-state index contributed by atoms with van der Waals surface area (Å²) in [7, 11) is 0. The first-order valence-corrected chi connectivity index (χ1v) is 10.0. The average Bonchev–Trinajstić information content (AvgIpc) is 3.32. The maximum Gasteiger partial charge on any atom is 0.252 e. The summed E-state index contributed by atoms with van der Waals surface area (Å²) in [5, 5.41) is 16.8. The lowest BCUT2D eigenvalue weighted by Gasteiger charge is -2.14. The highest BCUT2D eigenvalue weighted by Gasteiger charge is 2.28. The molecule has 5 rings (SSSR count). The number of pyridine rings is 2. The van der Waals surface area contributed by atoms with E-state index in [0.717, 1.165) is 35.2 Å². The molecule has 4 aromatic rings. The Bertz CT molecular complexity index is 1220. The molecule has 148 valence electrons. The summed E-state index contributed by atoms with van der Waals surface area (Å²) in [6.45, 7) is 6.05. The van der Waals surface area contributed by atoms with E-state index in [1.165, 1.54) is 0 Å². The molecule has 1 unspecified atom stereocenters. The third-order valence-corrected chi connectivity index (χ3v) is 5.39. The Morgan fingerprint density at radius 3 is 2.79 bits per heavy atom. The van der Waals surface area contributed by atoms with Crippen LogP contribution in [0, 0.1) is 0 Å². The molecule has 8 heteroatoms. The van der Waals surface area contributed by atoms with E-state index in [1.54, 1.807) is 6.20 Å². The summed E-state index contributed by atoms with van der Waals surface area (Å²) in [6, 6.07) is 7.52. The van der Waals surface area contributed by atoms with Gasteiger partial charge in [-0.2, -0.15) is 5.10 Å². The van der Waals surface area contributed by atoms with Gasteiger partial charge in [0.15, 0.2) is 17.1 Å². The molecule has 1 amide bonds. The van der Waals surface area contributed by atoms with E-state index in [9.17, 15) is 4.79 Å². The summed E-state index contributed by atoms with van der Waals surface area (Å²) in [6.07, 6.45) is 5.88. The number of nitrogens with zero attached hydrogens (tertiary/aromatic N) is 6. The number of carbonyl (C=O) groups excluding carboxylic acids is 1. The van der Waals surface area contributed by atoms with Gasteiger partial charge in [0.2, 0.25) is 0 Å². The van der Waals surface area contributed by atoms with Gasteiger partial charge < -0.3 is 5.32 Å². The highest BCUT2D eigenvalue weighted by molar-refractivity contribution is 6.05. The second-order valence-corrected chi connectivity index (χ2v) is 7.97. The lowest BCUT2D eigenvalue weighted by Crippen LogP contribution is -2.28. The summed E-state index contributed by atoms with van der Waals surface area (Å²) in [4.78, 5) is 18.1. The molecular formula is C21H23N7O. The van der Waals surface area contributed by atoms with Crippen molar-refractivity contribution in [2.45, 2.75) is 51.6 Å². The van der Waals surface area contributed by atoms with Crippen LogP contribution >= 0.6 is 0 Å². The van der Waals surface area contributed by atoms with Gasteiger partial charge in [-0.3, -0.25) is 9.20 Å². The van der Waals surface area contributed by atoms with Crippen molar-refractivity contribution >= 4 is 22.6 Å². The molecule has 0 bridgehead atoms. The van der Waals surface area contributed by atoms with E-state index in [4.69, 9.17) is 4.98 Å². The Balaban J connectivity index is 1.52. The minimum atomic E-state index is -0.298. The first kappa shape index (κ1) is 17.8. The van der Waals surface area contributed by atoms with Crippen molar-refractivity contribution in [1.29, 1.82) is 0 Å². The fraction of sp³-hybridized carbons (Fsp3) is 0.381. The second kappa shape index (κ2) is 6.65. The molecule has 0 aliphatic heterocycles. The van der Waals surface area contributed by atoms with Crippen molar-refractivity contribution in [3.05, 3.63) is 53.7 Å². The van der Waals surface area contributed by atoms with Crippen molar-refractivity contribution in [1.82, 2.24) is 34.7 Å². The van der Waals surface area contributed by atoms with E-state index in [2.05, 4.69) is 34.5 Å². The maximum atomic E-state index is 13.2. The van der Waals surface area contributed by atoms with E-state index in [1.807, 2.05) is 46.5 Å². The monoisotopic (exact) mass is 389 g/mol. The van der Waals surface area contributed by atoms with Crippen molar-refractivity contribution in [2.24, 2.45) is 0 Å². The van der Waals surface area contributed by atoms with Crippen LogP contribution in [0.3, 0.4) is 0 Å². The number of aromatic nitrogens is 6. The van der Waals surface area contributed by atoms with Gasteiger partial charge >= 0.3 is 0 Å². The fourth-order valence-electron chi connectivity index (χ4n) is 3.69. The Morgan fingerprint density at radius 1 is 1.21 bits per heavy atom. The minimum absolute atomic E-state index is 0.150. The molecule has 0 saturated heterocycles. The zero-order valence-corrected chi connectivity index (χ0v) is 16.7. The molecule has 29 heavy (non-hydrogen) atoms. The molecule has 0 radical (unpaired) electrons. The summed E-state index contributed by atoms with van der Waals surface area (Å²) < 4.78 is 3.77. The van der Waals surface area contributed by atoms with Gasteiger partial charge in [0, 0.05) is 23.9 Å². The number of hydrogen-bond donors (Lipinski definition) is 1. The Morgan fingerprint density at radius 2 is 2.03 bits per heavy atom. The van der Waals surface area contributed by atoms with Crippen LogP contribution in [0.15, 0.2) is 36.7 Å². The standard InChI is InChI=1S/C21H23N7O/c1-12(2)28-20-16(11-22-28)15(10-17(24-20)14-7-8-14)21(29)23-13(3)19-26-25-18-6-4-5-9-27(18)19/h4-6,9-14H,7-8H2,1-3H3,(H,23,29). The number of amides is 1. The van der Waals surface area contributed by atoms with Crippen LogP contribution in [0.25, 0.3) is 16.7 Å². The molecule has 1 aliphatic rings. The smallest absolute Gasteiger partial charge is 0.252 e. The number of rotatable bonds is 5. The van der Waals surface area contributed by atoms with Gasteiger partial charge in [-0.25, -0.2) is 9.67 Å². The number of nitrogens with one attached hydrogen (secondary N) is 1. The molecule has 0 spiro atoms. The van der Waals surface area contributed by atoms with Crippen LogP contribution in [-0.4, -0.2) is 35.3 Å². The highest BCUT2D eigenvalue weighted by atomic mass is 16.1. The zero-order chi connectivity index (χ0) is 20.1. The van der Waals surface area contributed by atoms with Gasteiger partial charge in [0.1, 0.15) is 0 Å². The number of carbonyl (C=O) groups is 1. The number of hydrogen-bond acceptors (Lipinski definition) is 5. The molecule has 4 aromatic heterocycles. The van der Waals surface area contributed by atoms with Crippen molar-refractivity contribution in [3.63, 3.8) is 0 Å². The predicted octanol–water partition coefficient (Wildman–Crippen LogP) is 3.42. The van der Waals surface area contributed by atoms with E-state index < -0.39 is 0 Å². The van der Waals surface area contributed by atoms with E-state index in [0.29, 0.717) is 17.3 Å². The molecule has 4 heterocycles. The molecule has 8 nitrogen and oxygen atoms in total. The van der Waals surface area contributed by atoms with E-state index >= 15 is 0 Å². The van der Waals surface area contributed by atoms with Crippen molar-refractivity contribution in [3.8, 4) is 0 Å². The van der Waals surface area contributed by atoms with Crippen LogP contribution in [0.4, 0.5) is 0 Å². The maximum absolute atomic E-state index is 13.2. The average molecular weight is 389 g/mol. The molecule has 1 saturated carbocycles. The lowest BCUT2D eigenvalue weighted by atomic mass is 10.1. The van der Waals surface area contributed by atoms with Crippen LogP contribution in [0.2, 0.25) is 0 Å². The quantitative estimate of drug-likeness (QED) is 0.565. The molecular weight excluding hydrogens is 366 g/mol. The molecule has 1 atom stereocenters. The minimum Gasteiger partial charge on any atom is -0.342 e. The molecule has 1 fully saturated rings. The van der Waals surface area contributed by atoms with Gasteiger partial charge in [-0.1, -0.05) is 6.07 Å². The van der Waals surface area contributed by atoms with Gasteiger partial charge in [0.25, 0.3) is 5.91 Å². The lowest BCUT2D eigenvalue weighted by molar-refractivity contribution is 0.0939. The SMILES string of the molecule is CC(NC(=O)c1cc(C2CC2)nc2c1cnn2C(C)C)c1nnc2ccccn12. The van der Waals surface area contributed by atoms with Crippen LogP contribution in [0.5, 0.6) is 0 Å². The predicted molar refractivity (Wildman–Crippen MR) is 109 cm³/mol. The van der Waals surface area contributed by atoms with Crippen LogP contribution in [-0.2, 0) is 0 Å². The summed E-state index contributed by atoms with van der Waals surface area (Å²) >= 11 is 0. The first-order valence-electron chi connectivity index (χ1n) is 10.0. The Labute approximate surface area is 168 Å². The third kappa shape index (κ3) is 3.04. The molecule has 1 N–H and O–H groups in total. The summed E-state index contributed by atoms with van der Waals surface area (Å²) in [5.41, 5.74) is 3.12. The normalized spacial score (nSPS) is 15.3.